The molecular formula is C19H28N4O4. The van der Waals surface area contributed by atoms with E-state index in [0.29, 0.717) is 38.2 Å². The summed E-state index contributed by atoms with van der Waals surface area (Å²) in [4.78, 5) is 41.0. The molecule has 1 aliphatic heterocycles. The number of aromatic carboxylic acids is 1. The third-order valence-corrected chi connectivity index (χ3v) is 4.58. The molecule has 0 bridgehead atoms. The van der Waals surface area contributed by atoms with Crippen LogP contribution in [0.2, 0.25) is 0 Å². The van der Waals surface area contributed by atoms with Gasteiger partial charge in [-0.1, -0.05) is 6.92 Å². The second kappa shape index (κ2) is 9.36. The highest BCUT2D eigenvalue weighted by Gasteiger charge is 2.21. The number of hydrogen-bond donors (Lipinski definition) is 2. The largest absolute Gasteiger partial charge is 0.478 e. The molecule has 8 heteroatoms. The van der Waals surface area contributed by atoms with Gasteiger partial charge in [-0.3, -0.25) is 14.5 Å². The summed E-state index contributed by atoms with van der Waals surface area (Å²) in [7, 11) is 3.49. The van der Waals surface area contributed by atoms with Crippen LogP contribution in [0.3, 0.4) is 0 Å². The van der Waals surface area contributed by atoms with Crippen molar-refractivity contribution in [3.8, 4) is 0 Å². The van der Waals surface area contributed by atoms with Crippen LogP contribution in [0, 0.1) is 0 Å². The Morgan fingerprint density at radius 3 is 2.37 bits per heavy atom. The van der Waals surface area contributed by atoms with Crippen molar-refractivity contribution in [3.63, 3.8) is 0 Å². The van der Waals surface area contributed by atoms with Gasteiger partial charge in [0.1, 0.15) is 0 Å². The Labute approximate surface area is 159 Å². The smallest absolute Gasteiger partial charge is 0.337 e. The van der Waals surface area contributed by atoms with Gasteiger partial charge in [-0.25, -0.2) is 4.79 Å². The maximum absolute atomic E-state index is 11.8. The SMILES string of the molecule is CCCC(=O)Nc1ccc(N2CCN(CC(=O)N(C)C)CC2)cc1C(=O)O. The second-order valence-electron chi connectivity index (χ2n) is 6.88. The summed E-state index contributed by atoms with van der Waals surface area (Å²) in [6.07, 6.45) is 1.06. The van der Waals surface area contributed by atoms with Crippen molar-refractivity contribution < 1.29 is 19.5 Å². The van der Waals surface area contributed by atoms with Crippen LogP contribution >= 0.6 is 0 Å². The van der Waals surface area contributed by atoms with E-state index in [2.05, 4.69) is 15.1 Å². The second-order valence-corrected chi connectivity index (χ2v) is 6.88. The van der Waals surface area contributed by atoms with Crippen molar-refractivity contribution in [1.82, 2.24) is 9.80 Å². The molecule has 1 aliphatic rings. The zero-order valence-corrected chi connectivity index (χ0v) is 16.2. The lowest BCUT2D eigenvalue weighted by Crippen LogP contribution is -2.49. The fourth-order valence-electron chi connectivity index (χ4n) is 2.95. The van der Waals surface area contributed by atoms with Crippen molar-refractivity contribution in [1.29, 1.82) is 0 Å². The molecule has 0 unspecified atom stereocenters. The lowest BCUT2D eigenvalue weighted by atomic mass is 10.1. The Kier molecular flexibility index (Phi) is 7.18. The van der Waals surface area contributed by atoms with Gasteiger partial charge in [-0.15, -0.1) is 0 Å². The highest BCUT2D eigenvalue weighted by molar-refractivity contribution is 6.01. The zero-order valence-electron chi connectivity index (χ0n) is 16.2. The standard InChI is InChI=1S/C19H28N4O4/c1-4-5-17(24)20-16-7-6-14(12-15(16)19(26)27)23-10-8-22(9-11-23)13-18(25)21(2)3/h6-7,12H,4-5,8-11,13H2,1-3H3,(H,20,24)(H,26,27). The van der Waals surface area contributed by atoms with Crippen LogP contribution in [-0.2, 0) is 9.59 Å². The van der Waals surface area contributed by atoms with Crippen molar-refractivity contribution in [2.24, 2.45) is 0 Å². The molecule has 27 heavy (non-hydrogen) atoms. The summed E-state index contributed by atoms with van der Waals surface area (Å²) in [6.45, 7) is 5.17. The highest BCUT2D eigenvalue weighted by Crippen LogP contribution is 2.25. The number of piperazine rings is 1. The van der Waals surface area contributed by atoms with E-state index in [9.17, 15) is 19.5 Å². The molecule has 0 saturated carbocycles. The fourth-order valence-corrected chi connectivity index (χ4v) is 2.95. The van der Waals surface area contributed by atoms with Gasteiger partial charge in [-0.05, 0) is 24.6 Å². The van der Waals surface area contributed by atoms with Gasteiger partial charge < -0.3 is 20.2 Å². The predicted molar refractivity (Wildman–Crippen MR) is 104 cm³/mol. The molecule has 1 fully saturated rings. The van der Waals surface area contributed by atoms with Crippen LogP contribution in [-0.4, -0.2) is 79.5 Å². The number of anilines is 2. The maximum atomic E-state index is 11.8. The maximum Gasteiger partial charge on any atom is 0.337 e. The number of hydrogen-bond acceptors (Lipinski definition) is 5. The Hall–Kier alpha value is -2.61. The predicted octanol–water partition coefficient (Wildman–Crippen LogP) is 1.33. The van der Waals surface area contributed by atoms with Gasteiger partial charge in [0.15, 0.2) is 0 Å². The molecule has 2 amide bonds. The van der Waals surface area contributed by atoms with Crippen LogP contribution in [0.1, 0.15) is 30.1 Å². The van der Waals surface area contributed by atoms with E-state index in [1.165, 1.54) is 0 Å². The molecule has 0 radical (unpaired) electrons. The summed E-state index contributed by atoms with van der Waals surface area (Å²) < 4.78 is 0. The van der Waals surface area contributed by atoms with E-state index >= 15 is 0 Å². The van der Waals surface area contributed by atoms with Crippen molar-refractivity contribution in [2.75, 3.05) is 57.0 Å². The summed E-state index contributed by atoms with van der Waals surface area (Å²) in [5.41, 5.74) is 1.21. The molecule has 1 heterocycles. The van der Waals surface area contributed by atoms with Crippen molar-refractivity contribution in [3.05, 3.63) is 23.8 Å². The topological polar surface area (TPSA) is 93.2 Å². The molecule has 0 spiro atoms. The molecule has 8 nitrogen and oxygen atoms in total. The summed E-state index contributed by atoms with van der Waals surface area (Å²) in [6, 6.07) is 5.08. The Morgan fingerprint density at radius 2 is 1.81 bits per heavy atom. The molecule has 1 saturated heterocycles. The van der Waals surface area contributed by atoms with Gasteiger partial charge in [0.25, 0.3) is 0 Å². The van der Waals surface area contributed by atoms with Gasteiger partial charge >= 0.3 is 5.97 Å². The minimum absolute atomic E-state index is 0.0730. The third kappa shape index (κ3) is 5.68. The van der Waals surface area contributed by atoms with Crippen LogP contribution in [0.5, 0.6) is 0 Å². The van der Waals surface area contributed by atoms with Crippen molar-refractivity contribution >= 4 is 29.2 Å². The molecule has 148 valence electrons. The molecule has 0 aromatic heterocycles. The van der Waals surface area contributed by atoms with E-state index in [4.69, 9.17) is 0 Å². The first-order valence-electron chi connectivity index (χ1n) is 9.16. The van der Waals surface area contributed by atoms with Gasteiger partial charge in [0.2, 0.25) is 11.8 Å². The van der Waals surface area contributed by atoms with Crippen LogP contribution in [0.15, 0.2) is 18.2 Å². The average molecular weight is 376 g/mol. The highest BCUT2D eigenvalue weighted by atomic mass is 16.4. The lowest BCUT2D eigenvalue weighted by molar-refractivity contribution is -0.130. The monoisotopic (exact) mass is 376 g/mol. The number of rotatable bonds is 7. The number of benzene rings is 1. The van der Waals surface area contributed by atoms with Gasteiger partial charge in [0, 0.05) is 52.4 Å². The van der Waals surface area contributed by atoms with E-state index in [1.54, 1.807) is 31.1 Å². The average Bonchev–Trinajstić information content (AvgIpc) is 2.62. The van der Waals surface area contributed by atoms with Gasteiger partial charge in [0.05, 0.1) is 17.8 Å². The summed E-state index contributed by atoms with van der Waals surface area (Å²) in [5.74, 6) is -1.19. The number of likely N-dealkylation sites (N-methyl/N-ethyl adjacent to an activating group) is 1. The number of carbonyl (C=O) groups is 3. The Balaban J connectivity index is 2.05. The molecule has 1 aromatic carbocycles. The molecule has 0 aliphatic carbocycles. The Bertz CT molecular complexity index is 697. The Morgan fingerprint density at radius 1 is 1.15 bits per heavy atom. The minimum Gasteiger partial charge on any atom is -0.478 e. The van der Waals surface area contributed by atoms with Crippen LogP contribution in [0.4, 0.5) is 11.4 Å². The number of nitrogens with one attached hydrogen (secondary N) is 1. The van der Waals surface area contributed by atoms with E-state index in [1.807, 2.05) is 13.0 Å². The first-order chi connectivity index (χ1) is 12.8. The van der Waals surface area contributed by atoms with E-state index in [0.717, 1.165) is 18.8 Å². The van der Waals surface area contributed by atoms with E-state index < -0.39 is 5.97 Å². The van der Waals surface area contributed by atoms with Crippen molar-refractivity contribution in [2.45, 2.75) is 19.8 Å². The fraction of sp³-hybridized carbons (Fsp3) is 0.526. The molecule has 2 N–H and O–H groups in total. The third-order valence-electron chi connectivity index (χ3n) is 4.58. The number of amides is 2. The first-order valence-corrected chi connectivity index (χ1v) is 9.16. The summed E-state index contributed by atoms with van der Waals surface area (Å²) in [5, 5.41) is 12.2. The molecule has 1 aromatic rings. The van der Waals surface area contributed by atoms with Crippen LogP contribution in [0.25, 0.3) is 0 Å². The van der Waals surface area contributed by atoms with E-state index in [-0.39, 0.29) is 17.4 Å². The number of carbonyl (C=O) groups excluding carboxylic acids is 2. The summed E-state index contributed by atoms with van der Waals surface area (Å²) >= 11 is 0. The molecule has 2 rings (SSSR count). The minimum atomic E-state index is -1.07. The first kappa shape index (κ1) is 20.7. The van der Waals surface area contributed by atoms with Gasteiger partial charge in [-0.2, -0.15) is 0 Å². The normalized spacial score (nSPS) is 14.7. The molecule has 0 atom stereocenters. The number of carboxylic acids is 1. The number of nitrogens with zero attached hydrogens (tertiary/aromatic N) is 3. The molecular weight excluding hydrogens is 348 g/mol. The zero-order chi connectivity index (χ0) is 20.0. The van der Waals surface area contributed by atoms with Crippen LogP contribution < -0.4 is 10.2 Å². The lowest BCUT2D eigenvalue weighted by Gasteiger charge is -2.36. The number of carboxylic acid groups (broad SMARTS) is 1. The quantitative estimate of drug-likeness (QED) is 0.746.